The van der Waals surface area contributed by atoms with Gasteiger partial charge >= 0.3 is 0 Å². The van der Waals surface area contributed by atoms with Crippen molar-refractivity contribution in [3.05, 3.63) is 18.0 Å². The first-order valence-corrected chi connectivity index (χ1v) is 5.63. The smallest absolute Gasteiger partial charge is 0.163 e. The van der Waals surface area contributed by atoms with Crippen molar-refractivity contribution in [2.24, 2.45) is 5.73 Å². The molecule has 1 aromatic carbocycles. The molecule has 3 N–H and O–H groups in total. The van der Waals surface area contributed by atoms with Crippen molar-refractivity contribution < 1.29 is 9.47 Å². The SMILES string of the molecule is CC(C)(N)c1nc2cc3c(cc2[nH]1)OCCO3. The highest BCUT2D eigenvalue weighted by Gasteiger charge is 2.20. The Balaban J connectivity index is 2.16. The normalized spacial score (nSPS) is 15.2. The van der Waals surface area contributed by atoms with E-state index in [2.05, 4.69) is 9.97 Å². The summed E-state index contributed by atoms with van der Waals surface area (Å²) in [6, 6.07) is 3.79. The van der Waals surface area contributed by atoms with Crippen LogP contribution in [0.2, 0.25) is 0 Å². The van der Waals surface area contributed by atoms with Gasteiger partial charge in [0, 0.05) is 12.1 Å². The van der Waals surface area contributed by atoms with Crippen LogP contribution in [-0.4, -0.2) is 23.2 Å². The van der Waals surface area contributed by atoms with Gasteiger partial charge < -0.3 is 20.2 Å². The highest BCUT2D eigenvalue weighted by Crippen LogP contribution is 2.34. The number of H-pyrrole nitrogens is 1. The first-order valence-electron chi connectivity index (χ1n) is 5.63. The fraction of sp³-hybridized carbons (Fsp3) is 0.417. The Hall–Kier alpha value is -1.75. The molecule has 2 heterocycles. The molecule has 0 unspecified atom stereocenters. The molecule has 0 radical (unpaired) electrons. The van der Waals surface area contributed by atoms with Gasteiger partial charge in [-0.25, -0.2) is 4.98 Å². The maximum atomic E-state index is 6.02. The lowest BCUT2D eigenvalue weighted by molar-refractivity contribution is 0.172. The second kappa shape index (κ2) is 3.37. The minimum Gasteiger partial charge on any atom is -0.486 e. The Kier molecular flexibility index (Phi) is 2.06. The second-order valence-electron chi connectivity index (χ2n) is 4.82. The molecule has 1 aromatic heterocycles. The highest BCUT2D eigenvalue weighted by molar-refractivity contribution is 5.80. The molecular formula is C12H15N3O2. The van der Waals surface area contributed by atoms with Crippen LogP contribution in [0, 0.1) is 0 Å². The molecule has 17 heavy (non-hydrogen) atoms. The quantitative estimate of drug-likeness (QED) is 0.783. The van der Waals surface area contributed by atoms with E-state index in [-0.39, 0.29) is 0 Å². The largest absolute Gasteiger partial charge is 0.486 e. The molecule has 2 aromatic rings. The molecule has 1 aliphatic heterocycles. The Morgan fingerprint density at radius 3 is 2.53 bits per heavy atom. The molecule has 0 saturated heterocycles. The van der Waals surface area contributed by atoms with Crippen molar-refractivity contribution in [3.63, 3.8) is 0 Å². The number of hydrogen-bond donors (Lipinski definition) is 2. The first kappa shape index (κ1) is 10.4. The van der Waals surface area contributed by atoms with Gasteiger partial charge in [-0.2, -0.15) is 0 Å². The number of nitrogens with two attached hydrogens (primary N) is 1. The van der Waals surface area contributed by atoms with Gasteiger partial charge in [-0.3, -0.25) is 0 Å². The van der Waals surface area contributed by atoms with Crippen molar-refractivity contribution >= 4 is 11.0 Å². The average molecular weight is 233 g/mol. The molecule has 0 saturated carbocycles. The van der Waals surface area contributed by atoms with Crippen molar-refractivity contribution in [1.82, 2.24) is 9.97 Å². The Morgan fingerprint density at radius 1 is 1.24 bits per heavy atom. The monoisotopic (exact) mass is 233 g/mol. The summed E-state index contributed by atoms with van der Waals surface area (Å²) < 4.78 is 11.0. The number of imidazole rings is 1. The molecular weight excluding hydrogens is 218 g/mol. The average Bonchev–Trinajstić information content (AvgIpc) is 2.68. The van der Waals surface area contributed by atoms with Crippen molar-refractivity contribution in [3.8, 4) is 11.5 Å². The molecule has 5 nitrogen and oxygen atoms in total. The zero-order valence-electron chi connectivity index (χ0n) is 9.91. The predicted octanol–water partition coefficient (Wildman–Crippen LogP) is 1.53. The van der Waals surface area contributed by atoms with Gasteiger partial charge in [0.25, 0.3) is 0 Å². The van der Waals surface area contributed by atoms with E-state index >= 15 is 0 Å². The zero-order valence-corrected chi connectivity index (χ0v) is 9.91. The number of nitrogens with one attached hydrogen (secondary N) is 1. The summed E-state index contributed by atoms with van der Waals surface area (Å²) in [5.41, 5.74) is 7.30. The summed E-state index contributed by atoms with van der Waals surface area (Å²) in [5.74, 6) is 2.26. The molecule has 0 aliphatic carbocycles. The lowest BCUT2D eigenvalue weighted by atomic mass is 10.1. The molecule has 0 spiro atoms. The summed E-state index contributed by atoms with van der Waals surface area (Å²) in [5, 5.41) is 0. The number of nitrogens with zero attached hydrogens (tertiary/aromatic N) is 1. The summed E-state index contributed by atoms with van der Waals surface area (Å²) in [6.45, 7) is 5.00. The maximum absolute atomic E-state index is 6.02. The van der Waals surface area contributed by atoms with Crippen molar-refractivity contribution in [2.45, 2.75) is 19.4 Å². The molecule has 0 bridgehead atoms. The van der Waals surface area contributed by atoms with Crippen LogP contribution >= 0.6 is 0 Å². The van der Waals surface area contributed by atoms with E-state index in [1.165, 1.54) is 0 Å². The molecule has 0 amide bonds. The zero-order chi connectivity index (χ0) is 12.0. The van der Waals surface area contributed by atoms with E-state index < -0.39 is 5.54 Å². The summed E-state index contributed by atoms with van der Waals surface area (Å²) in [4.78, 5) is 7.69. The third-order valence-corrected chi connectivity index (χ3v) is 2.76. The molecule has 0 atom stereocenters. The standard InChI is InChI=1S/C12H15N3O2/c1-12(2,13)11-14-7-5-9-10(6-8(7)15-11)17-4-3-16-9/h5-6H,3-4,13H2,1-2H3,(H,14,15). The minimum absolute atomic E-state index is 0.485. The fourth-order valence-electron chi connectivity index (χ4n) is 1.85. The Morgan fingerprint density at radius 2 is 1.88 bits per heavy atom. The molecule has 5 heteroatoms. The predicted molar refractivity (Wildman–Crippen MR) is 64.3 cm³/mol. The van der Waals surface area contributed by atoms with E-state index in [0.717, 1.165) is 28.4 Å². The minimum atomic E-state index is -0.485. The fourth-order valence-corrected chi connectivity index (χ4v) is 1.85. The van der Waals surface area contributed by atoms with Crippen LogP contribution in [0.15, 0.2) is 12.1 Å². The third kappa shape index (κ3) is 1.72. The Bertz CT molecular complexity index is 526. The van der Waals surface area contributed by atoms with Crippen LogP contribution in [0.3, 0.4) is 0 Å². The van der Waals surface area contributed by atoms with Crippen LogP contribution in [0.4, 0.5) is 0 Å². The first-order chi connectivity index (χ1) is 8.04. The van der Waals surface area contributed by atoms with Gasteiger partial charge in [0.15, 0.2) is 11.5 Å². The van der Waals surface area contributed by atoms with Gasteiger partial charge in [0.1, 0.15) is 19.0 Å². The number of fused-ring (bicyclic) bond motifs is 2. The van der Waals surface area contributed by atoms with Gasteiger partial charge in [0.2, 0.25) is 0 Å². The van der Waals surface area contributed by atoms with Crippen LogP contribution in [0.25, 0.3) is 11.0 Å². The number of ether oxygens (including phenoxy) is 2. The molecule has 1 aliphatic rings. The third-order valence-electron chi connectivity index (χ3n) is 2.76. The van der Waals surface area contributed by atoms with E-state index in [1.807, 2.05) is 26.0 Å². The van der Waals surface area contributed by atoms with E-state index in [1.54, 1.807) is 0 Å². The summed E-state index contributed by atoms with van der Waals surface area (Å²) >= 11 is 0. The second-order valence-corrected chi connectivity index (χ2v) is 4.82. The van der Waals surface area contributed by atoms with E-state index in [4.69, 9.17) is 15.2 Å². The molecule has 0 fully saturated rings. The van der Waals surface area contributed by atoms with Crippen LogP contribution in [0.1, 0.15) is 19.7 Å². The number of hydrogen-bond acceptors (Lipinski definition) is 4. The molecule has 3 rings (SSSR count). The van der Waals surface area contributed by atoms with E-state index in [9.17, 15) is 0 Å². The number of aromatic nitrogens is 2. The number of rotatable bonds is 1. The van der Waals surface area contributed by atoms with Gasteiger partial charge in [-0.15, -0.1) is 0 Å². The lowest BCUT2D eigenvalue weighted by Crippen LogP contribution is -2.30. The van der Waals surface area contributed by atoms with Crippen LogP contribution < -0.4 is 15.2 Å². The van der Waals surface area contributed by atoms with E-state index in [0.29, 0.717) is 13.2 Å². The maximum Gasteiger partial charge on any atom is 0.163 e. The van der Waals surface area contributed by atoms with Gasteiger partial charge in [0.05, 0.1) is 16.6 Å². The van der Waals surface area contributed by atoms with Crippen LogP contribution in [0.5, 0.6) is 11.5 Å². The topological polar surface area (TPSA) is 73.2 Å². The summed E-state index contributed by atoms with van der Waals surface area (Å²) in [7, 11) is 0. The van der Waals surface area contributed by atoms with Crippen molar-refractivity contribution in [2.75, 3.05) is 13.2 Å². The van der Waals surface area contributed by atoms with Crippen LogP contribution in [-0.2, 0) is 5.54 Å². The Labute approximate surface area is 98.9 Å². The molecule has 90 valence electrons. The van der Waals surface area contributed by atoms with Gasteiger partial charge in [-0.05, 0) is 13.8 Å². The highest BCUT2D eigenvalue weighted by atomic mass is 16.6. The van der Waals surface area contributed by atoms with Crippen molar-refractivity contribution in [1.29, 1.82) is 0 Å². The lowest BCUT2D eigenvalue weighted by Gasteiger charge is -2.17. The van der Waals surface area contributed by atoms with Gasteiger partial charge in [-0.1, -0.05) is 0 Å². The number of aromatic amines is 1. The number of benzene rings is 1. The summed E-state index contributed by atoms with van der Waals surface area (Å²) in [6.07, 6.45) is 0.